The van der Waals surface area contributed by atoms with Crippen molar-refractivity contribution in [3.63, 3.8) is 0 Å². The molecule has 6 heteroatoms. The first-order valence-corrected chi connectivity index (χ1v) is 11.1. The quantitative estimate of drug-likeness (QED) is 0.478. The number of H-pyrrole nitrogens is 1. The second-order valence-electron chi connectivity index (χ2n) is 8.24. The molecule has 1 aliphatic carbocycles. The van der Waals surface area contributed by atoms with E-state index >= 15 is 0 Å². The standard InChI is InChI=1S/C25H29FN4O/c1-2-7-22(27-21-11-6-10-17-12-13-20(26)14-19(17)15-21)25(31)28-24-16-23(29-30-24)18-8-4-3-5-9-18/h3-5,8-9,12-14,16,21-22,27H,2,6-7,10-11,15H2,1H3,(H2,28,29,30,31)/t21?,22-/m0/s1. The van der Waals surface area contributed by atoms with Gasteiger partial charge in [0.2, 0.25) is 5.91 Å². The SMILES string of the molecule is CCC[C@H](NC1CCCc2ccc(F)cc2C1)C(=O)Nc1cc(-c2ccccc2)n[nH]1. The largest absolute Gasteiger partial charge is 0.310 e. The van der Waals surface area contributed by atoms with E-state index in [-0.39, 0.29) is 23.8 Å². The fraction of sp³-hybridized carbons (Fsp3) is 0.360. The second kappa shape index (κ2) is 9.88. The fourth-order valence-corrected chi connectivity index (χ4v) is 4.30. The van der Waals surface area contributed by atoms with Crippen LogP contribution in [-0.2, 0) is 17.6 Å². The van der Waals surface area contributed by atoms with Gasteiger partial charge in [-0.3, -0.25) is 9.89 Å². The number of aryl methyl sites for hydroxylation is 1. The van der Waals surface area contributed by atoms with Crippen LogP contribution in [0.25, 0.3) is 11.3 Å². The van der Waals surface area contributed by atoms with Crippen molar-refractivity contribution < 1.29 is 9.18 Å². The molecular formula is C25H29FN4O. The first kappa shape index (κ1) is 21.2. The van der Waals surface area contributed by atoms with Crippen LogP contribution in [0, 0.1) is 5.82 Å². The molecule has 162 valence electrons. The van der Waals surface area contributed by atoms with E-state index in [9.17, 15) is 9.18 Å². The molecule has 0 radical (unpaired) electrons. The first-order valence-electron chi connectivity index (χ1n) is 11.1. The summed E-state index contributed by atoms with van der Waals surface area (Å²) in [6, 6.07) is 16.6. The zero-order valence-electron chi connectivity index (χ0n) is 17.8. The molecule has 1 aromatic heterocycles. The van der Waals surface area contributed by atoms with Crippen molar-refractivity contribution in [1.29, 1.82) is 0 Å². The van der Waals surface area contributed by atoms with Gasteiger partial charge in [-0.05, 0) is 55.4 Å². The fourth-order valence-electron chi connectivity index (χ4n) is 4.30. The molecule has 1 amide bonds. The van der Waals surface area contributed by atoms with Crippen molar-refractivity contribution in [3.8, 4) is 11.3 Å². The predicted molar refractivity (Wildman–Crippen MR) is 121 cm³/mol. The van der Waals surface area contributed by atoms with Gasteiger partial charge in [-0.1, -0.05) is 49.7 Å². The Kier molecular flexibility index (Phi) is 6.77. The minimum Gasteiger partial charge on any atom is -0.310 e. The molecule has 1 heterocycles. The number of amides is 1. The van der Waals surface area contributed by atoms with Crippen molar-refractivity contribution in [3.05, 3.63) is 71.5 Å². The van der Waals surface area contributed by atoms with E-state index in [0.717, 1.165) is 55.3 Å². The molecule has 0 bridgehead atoms. The Hall–Kier alpha value is -2.99. The minimum atomic E-state index is -0.311. The summed E-state index contributed by atoms with van der Waals surface area (Å²) in [5.74, 6) is 0.310. The Morgan fingerprint density at radius 1 is 1.19 bits per heavy atom. The number of aromatic amines is 1. The molecule has 2 atom stereocenters. The molecule has 0 saturated heterocycles. The number of fused-ring (bicyclic) bond motifs is 1. The van der Waals surface area contributed by atoms with Crippen molar-refractivity contribution in [2.75, 3.05) is 5.32 Å². The summed E-state index contributed by atoms with van der Waals surface area (Å²) < 4.78 is 13.7. The van der Waals surface area contributed by atoms with Gasteiger partial charge in [-0.15, -0.1) is 0 Å². The third-order valence-corrected chi connectivity index (χ3v) is 5.87. The van der Waals surface area contributed by atoms with Crippen molar-refractivity contribution in [2.24, 2.45) is 0 Å². The monoisotopic (exact) mass is 420 g/mol. The van der Waals surface area contributed by atoms with Crippen LogP contribution in [-0.4, -0.2) is 28.2 Å². The van der Waals surface area contributed by atoms with E-state index in [1.54, 1.807) is 6.07 Å². The van der Waals surface area contributed by atoms with Crippen LogP contribution in [0.2, 0.25) is 0 Å². The van der Waals surface area contributed by atoms with Gasteiger partial charge in [0.05, 0.1) is 11.7 Å². The number of aromatic nitrogens is 2. The summed E-state index contributed by atoms with van der Waals surface area (Å²) in [7, 11) is 0. The van der Waals surface area contributed by atoms with E-state index in [2.05, 4.69) is 27.8 Å². The van der Waals surface area contributed by atoms with Crippen molar-refractivity contribution in [1.82, 2.24) is 15.5 Å². The van der Waals surface area contributed by atoms with Crippen LogP contribution in [0.1, 0.15) is 43.7 Å². The summed E-state index contributed by atoms with van der Waals surface area (Å²) in [6.45, 7) is 2.07. The lowest BCUT2D eigenvalue weighted by Gasteiger charge is -2.24. The molecule has 1 aliphatic rings. The van der Waals surface area contributed by atoms with Gasteiger partial charge >= 0.3 is 0 Å². The molecule has 3 N–H and O–H groups in total. The number of nitrogens with one attached hydrogen (secondary N) is 3. The average Bonchev–Trinajstić information content (AvgIpc) is 3.14. The summed E-state index contributed by atoms with van der Waals surface area (Å²) in [6.07, 6.45) is 5.31. The molecule has 0 spiro atoms. The number of rotatable bonds is 7. The molecule has 0 fully saturated rings. The topological polar surface area (TPSA) is 69.8 Å². The van der Waals surface area contributed by atoms with E-state index in [4.69, 9.17) is 0 Å². The molecule has 4 rings (SSSR count). The van der Waals surface area contributed by atoms with Gasteiger partial charge in [0.15, 0.2) is 0 Å². The lowest BCUT2D eigenvalue weighted by Crippen LogP contribution is -2.46. The maximum Gasteiger partial charge on any atom is 0.242 e. The van der Waals surface area contributed by atoms with E-state index in [1.165, 1.54) is 11.6 Å². The van der Waals surface area contributed by atoms with E-state index in [1.807, 2.05) is 42.5 Å². The number of nitrogens with zero attached hydrogens (tertiary/aromatic N) is 1. The van der Waals surface area contributed by atoms with Gasteiger partial charge in [-0.25, -0.2) is 4.39 Å². The number of anilines is 1. The predicted octanol–water partition coefficient (Wildman–Crippen LogP) is 4.86. The molecule has 0 aliphatic heterocycles. The second-order valence-corrected chi connectivity index (χ2v) is 8.24. The molecule has 0 saturated carbocycles. The summed E-state index contributed by atoms with van der Waals surface area (Å²) in [5.41, 5.74) is 4.05. The summed E-state index contributed by atoms with van der Waals surface area (Å²) in [5, 5.41) is 13.7. The number of hydrogen-bond donors (Lipinski definition) is 3. The molecule has 1 unspecified atom stereocenters. The molecular weight excluding hydrogens is 391 g/mol. The lowest BCUT2D eigenvalue weighted by atomic mass is 10.0. The first-order chi connectivity index (χ1) is 15.1. The summed E-state index contributed by atoms with van der Waals surface area (Å²) in [4.78, 5) is 13.0. The average molecular weight is 421 g/mol. The minimum absolute atomic E-state index is 0.0752. The molecule has 3 aromatic rings. The zero-order valence-corrected chi connectivity index (χ0v) is 17.8. The number of carbonyl (C=O) groups is 1. The molecule has 2 aromatic carbocycles. The van der Waals surface area contributed by atoms with Crippen LogP contribution < -0.4 is 10.6 Å². The normalized spacial score (nSPS) is 16.9. The Morgan fingerprint density at radius 3 is 2.84 bits per heavy atom. The van der Waals surface area contributed by atoms with Gasteiger partial charge in [0.25, 0.3) is 0 Å². The van der Waals surface area contributed by atoms with Crippen LogP contribution in [0.4, 0.5) is 10.2 Å². The van der Waals surface area contributed by atoms with Crippen LogP contribution >= 0.6 is 0 Å². The summed E-state index contributed by atoms with van der Waals surface area (Å²) >= 11 is 0. The maximum atomic E-state index is 13.7. The Labute approximate surface area is 182 Å². The Balaban J connectivity index is 1.42. The highest BCUT2D eigenvalue weighted by molar-refractivity contribution is 5.94. The number of halogens is 1. The lowest BCUT2D eigenvalue weighted by molar-refractivity contribution is -0.118. The van der Waals surface area contributed by atoms with Crippen molar-refractivity contribution in [2.45, 2.75) is 57.5 Å². The number of benzene rings is 2. The van der Waals surface area contributed by atoms with E-state index in [0.29, 0.717) is 5.82 Å². The Morgan fingerprint density at radius 2 is 2.03 bits per heavy atom. The van der Waals surface area contributed by atoms with Crippen LogP contribution in [0.3, 0.4) is 0 Å². The highest BCUT2D eigenvalue weighted by Gasteiger charge is 2.24. The van der Waals surface area contributed by atoms with Crippen LogP contribution in [0.15, 0.2) is 54.6 Å². The smallest absolute Gasteiger partial charge is 0.242 e. The number of carbonyl (C=O) groups excluding carboxylic acids is 1. The molecule has 31 heavy (non-hydrogen) atoms. The van der Waals surface area contributed by atoms with Gasteiger partial charge < -0.3 is 10.6 Å². The maximum absolute atomic E-state index is 13.7. The third-order valence-electron chi connectivity index (χ3n) is 5.87. The zero-order chi connectivity index (χ0) is 21.6. The molecule has 5 nitrogen and oxygen atoms in total. The van der Waals surface area contributed by atoms with Gasteiger partial charge in [0, 0.05) is 17.7 Å². The van der Waals surface area contributed by atoms with Crippen LogP contribution in [0.5, 0.6) is 0 Å². The number of hydrogen-bond acceptors (Lipinski definition) is 3. The van der Waals surface area contributed by atoms with Crippen molar-refractivity contribution >= 4 is 11.7 Å². The van der Waals surface area contributed by atoms with Gasteiger partial charge in [0.1, 0.15) is 11.6 Å². The van der Waals surface area contributed by atoms with E-state index < -0.39 is 0 Å². The third kappa shape index (κ3) is 5.39. The highest BCUT2D eigenvalue weighted by Crippen LogP contribution is 2.23. The van der Waals surface area contributed by atoms with Gasteiger partial charge in [-0.2, -0.15) is 5.10 Å². The highest BCUT2D eigenvalue weighted by atomic mass is 19.1. The Bertz CT molecular complexity index is 1020.